The molecule has 1 aromatic heterocycles. The van der Waals surface area contributed by atoms with Crippen LogP contribution in [0.2, 0.25) is 0 Å². The Morgan fingerprint density at radius 1 is 1.40 bits per heavy atom. The molecule has 106 valence electrons. The number of hydrogen-bond acceptors (Lipinski definition) is 4. The first-order chi connectivity index (χ1) is 9.69. The van der Waals surface area contributed by atoms with Gasteiger partial charge in [-0.15, -0.1) is 0 Å². The van der Waals surface area contributed by atoms with Crippen LogP contribution >= 0.6 is 0 Å². The van der Waals surface area contributed by atoms with E-state index in [0.29, 0.717) is 12.2 Å². The van der Waals surface area contributed by atoms with Crippen LogP contribution in [0.15, 0.2) is 24.3 Å². The van der Waals surface area contributed by atoms with Crippen molar-refractivity contribution in [2.75, 3.05) is 18.9 Å². The number of aromatic nitrogens is 3. The van der Waals surface area contributed by atoms with Gasteiger partial charge in [-0.2, -0.15) is 5.10 Å². The van der Waals surface area contributed by atoms with Gasteiger partial charge in [0.15, 0.2) is 5.82 Å². The average Bonchev–Trinajstić information content (AvgIpc) is 2.86. The standard InChI is InChI=1S/C14H19N5O/c1-10-16-14(19-18-10)11-5-3-6-12(9-11)17-13(20)7-4-8-15-2/h3,5-6,9,15H,4,7-8H2,1-2H3,(H,17,20)(H,16,18,19). The second-order valence-corrected chi connectivity index (χ2v) is 4.58. The summed E-state index contributed by atoms with van der Waals surface area (Å²) < 4.78 is 0. The largest absolute Gasteiger partial charge is 0.326 e. The fraction of sp³-hybridized carbons (Fsp3) is 0.357. The Morgan fingerprint density at radius 2 is 2.25 bits per heavy atom. The van der Waals surface area contributed by atoms with Crippen molar-refractivity contribution in [1.82, 2.24) is 20.5 Å². The number of hydrogen-bond donors (Lipinski definition) is 3. The highest BCUT2D eigenvalue weighted by atomic mass is 16.1. The van der Waals surface area contributed by atoms with E-state index >= 15 is 0 Å². The molecule has 0 saturated heterocycles. The van der Waals surface area contributed by atoms with Crippen molar-refractivity contribution in [3.05, 3.63) is 30.1 Å². The van der Waals surface area contributed by atoms with E-state index in [1.807, 2.05) is 38.2 Å². The number of nitrogens with zero attached hydrogens (tertiary/aromatic N) is 2. The number of benzene rings is 1. The molecule has 6 heteroatoms. The molecule has 3 N–H and O–H groups in total. The van der Waals surface area contributed by atoms with Crippen LogP contribution in [0.25, 0.3) is 11.4 Å². The minimum Gasteiger partial charge on any atom is -0.326 e. The molecule has 0 atom stereocenters. The highest BCUT2D eigenvalue weighted by molar-refractivity contribution is 5.91. The minimum atomic E-state index is 0.0172. The average molecular weight is 273 g/mol. The molecule has 0 saturated carbocycles. The lowest BCUT2D eigenvalue weighted by atomic mass is 10.2. The molecule has 1 amide bonds. The first-order valence-corrected chi connectivity index (χ1v) is 6.63. The van der Waals surface area contributed by atoms with Gasteiger partial charge in [0.05, 0.1) is 0 Å². The summed E-state index contributed by atoms with van der Waals surface area (Å²) in [4.78, 5) is 16.0. The van der Waals surface area contributed by atoms with Crippen molar-refractivity contribution in [3.63, 3.8) is 0 Å². The van der Waals surface area contributed by atoms with Crippen molar-refractivity contribution in [2.24, 2.45) is 0 Å². The van der Waals surface area contributed by atoms with Crippen LogP contribution in [0, 0.1) is 6.92 Å². The normalized spacial score (nSPS) is 10.5. The van der Waals surface area contributed by atoms with Gasteiger partial charge in [0.2, 0.25) is 5.91 Å². The summed E-state index contributed by atoms with van der Waals surface area (Å²) in [5, 5.41) is 12.8. The molecule has 0 bridgehead atoms. The number of carbonyl (C=O) groups excluding carboxylic acids is 1. The highest BCUT2D eigenvalue weighted by Crippen LogP contribution is 2.19. The first-order valence-electron chi connectivity index (χ1n) is 6.63. The van der Waals surface area contributed by atoms with Crippen molar-refractivity contribution in [3.8, 4) is 11.4 Å². The topological polar surface area (TPSA) is 82.7 Å². The molecule has 1 aromatic carbocycles. The van der Waals surface area contributed by atoms with E-state index in [0.717, 1.165) is 30.0 Å². The summed E-state index contributed by atoms with van der Waals surface area (Å²) in [6.45, 7) is 2.69. The van der Waals surface area contributed by atoms with Crippen molar-refractivity contribution in [1.29, 1.82) is 0 Å². The molecular formula is C14H19N5O. The molecule has 2 rings (SSSR count). The summed E-state index contributed by atoms with van der Waals surface area (Å²) in [5.74, 6) is 1.42. The van der Waals surface area contributed by atoms with Crippen LogP contribution in [-0.4, -0.2) is 34.7 Å². The predicted octanol–water partition coefficient (Wildman–Crippen LogP) is 1.72. The number of carbonyl (C=O) groups is 1. The lowest BCUT2D eigenvalue weighted by molar-refractivity contribution is -0.116. The molecule has 1 heterocycles. The molecule has 0 aliphatic heterocycles. The van der Waals surface area contributed by atoms with Gasteiger partial charge in [0.1, 0.15) is 5.82 Å². The van der Waals surface area contributed by atoms with E-state index < -0.39 is 0 Å². The van der Waals surface area contributed by atoms with Gasteiger partial charge in [-0.05, 0) is 39.1 Å². The maximum absolute atomic E-state index is 11.8. The maximum atomic E-state index is 11.8. The number of rotatable bonds is 6. The third kappa shape index (κ3) is 3.89. The van der Waals surface area contributed by atoms with Gasteiger partial charge in [-0.3, -0.25) is 9.89 Å². The van der Waals surface area contributed by atoms with Crippen molar-refractivity contribution >= 4 is 11.6 Å². The zero-order valence-corrected chi connectivity index (χ0v) is 11.7. The van der Waals surface area contributed by atoms with Crippen LogP contribution in [0.1, 0.15) is 18.7 Å². The smallest absolute Gasteiger partial charge is 0.224 e. The third-order valence-corrected chi connectivity index (χ3v) is 2.83. The number of aromatic amines is 1. The van der Waals surface area contributed by atoms with Crippen LogP contribution in [0.3, 0.4) is 0 Å². The summed E-state index contributed by atoms with van der Waals surface area (Å²) >= 11 is 0. The fourth-order valence-corrected chi connectivity index (χ4v) is 1.86. The van der Waals surface area contributed by atoms with Gasteiger partial charge < -0.3 is 10.6 Å². The monoisotopic (exact) mass is 273 g/mol. The van der Waals surface area contributed by atoms with Crippen LogP contribution in [0.4, 0.5) is 5.69 Å². The quantitative estimate of drug-likeness (QED) is 0.700. The van der Waals surface area contributed by atoms with E-state index in [9.17, 15) is 4.79 Å². The Labute approximate surface area is 118 Å². The maximum Gasteiger partial charge on any atom is 0.224 e. The summed E-state index contributed by atoms with van der Waals surface area (Å²) in [6, 6.07) is 7.53. The van der Waals surface area contributed by atoms with Crippen molar-refractivity contribution in [2.45, 2.75) is 19.8 Å². The molecule has 0 radical (unpaired) electrons. The Morgan fingerprint density at radius 3 is 2.95 bits per heavy atom. The van der Waals surface area contributed by atoms with Crippen LogP contribution in [0.5, 0.6) is 0 Å². The third-order valence-electron chi connectivity index (χ3n) is 2.83. The Bertz CT molecular complexity index is 578. The van der Waals surface area contributed by atoms with Gasteiger partial charge in [-0.25, -0.2) is 4.98 Å². The molecule has 20 heavy (non-hydrogen) atoms. The van der Waals surface area contributed by atoms with Crippen LogP contribution in [-0.2, 0) is 4.79 Å². The first kappa shape index (κ1) is 14.2. The van der Waals surface area contributed by atoms with E-state index in [1.165, 1.54) is 0 Å². The molecule has 2 aromatic rings. The highest BCUT2D eigenvalue weighted by Gasteiger charge is 2.06. The van der Waals surface area contributed by atoms with E-state index in [1.54, 1.807) is 0 Å². The predicted molar refractivity (Wildman–Crippen MR) is 78.3 cm³/mol. The number of nitrogens with one attached hydrogen (secondary N) is 3. The number of anilines is 1. The van der Waals surface area contributed by atoms with Gasteiger partial charge in [0, 0.05) is 17.7 Å². The molecule has 0 aliphatic rings. The number of amides is 1. The molecule has 0 unspecified atom stereocenters. The Balaban J connectivity index is 2.01. The van der Waals surface area contributed by atoms with Crippen molar-refractivity contribution < 1.29 is 4.79 Å². The Kier molecular flexibility index (Phi) is 4.84. The van der Waals surface area contributed by atoms with Gasteiger partial charge >= 0.3 is 0 Å². The summed E-state index contributed by atoms with van der Waals surface area (Å²) in [5.41, 5.74) is 1.64. The van der Waals surface area contributed by atoms with Gasteiger partial charge in [0.25, 0.3) is 0 Å². The SMILES string of the molecule is CNCCCC(=O)Nc1cccc(-c2n[nH]c(C)n2)c1. The molecule has 0 spiro atoms. The molecule has 6 nitrogen and oxygen atoms in total. The van der Waals surface area contributed by atoms with E-state index in [4.69, 9.17) is 0 Å². The van der Waals surface area contributed by atoms with Crippen LogP contribution < -0.4 is 10.6 Å². The lowest BCUT2D eigenvalue weighted by Crippen LogP contribution is -2.15. The second-order valence-electron chi connectivity index (χ2n) is 4.58. The molecular weight excluding hydrogens is 254 g/mol. The zero-order chi connectivity index (χ0) is 14.4. The second kappa shape index (κ2) is 6.81. The van der Waals surface area contributed by atoms with E-state index in [2.05, 4.69) is 25.8 Å². The van der Waals surface area contributed by atoms with E-state index in [-0.39, 0.29) is 5.91 Å². The summed E-state index contributed by atoms with van der Waals surface area (Å²) in [7, 11) is 1.88. The fourth-order valence-electron chi connectivity index (χ4n) is 1.86. The molecule has 0 fully saturated rings. The van der Waals surface area contributed by atoms with Gasteiger partial charge in [-0.1, -0.05) is 12.1 Å². The lowest BCUT2D eigenvalue weighted by Gasteiger charge is -2.06. The summed E-state index contributed by atoms with van der Waals surface area (Å²) in [6.07, 6.45) is 1.33. The molecule has 0 aliphatic carbocycles. The Hall–Kier alpha value is -2.21. The number of H-pyrrole nitrogens is 1. The zero-order valence-electron chi connectivity index (χ0n) is 11.7. The number of aryl methyl sites for hydroxylation is 1. The minimum absolute atomic E-state index is 0.0172.